The van der Waals surface area contributed by atoms with Gasteiger partial charge in [0.15, 0.2) is 4.90 Å². The van der Waals surface area contributed by atoms with Crippen LogP contribution >= 0.6 is 0 Å². The second kappa shape index (κ2) is 5.96. The highest BCUT2D eigenvalue weighted by Gasteiger charge is 2.28. The van der Waals surface area contributed by atoms with Gasteiger partial charge in [0, 0.05) is 6.07 Å². The maximum Gasteiger partial charge on any atom is 0.296 e. The van der Waals surface area contributed by atoms with Crippen molar-refractivity contribution in [2.45, 2.75) is 4.90 Å². The first-order valence-corrected chi connectivity index (χ1v) is 7.40. The molecule has 0 aromatic heterocycles. The summed E-state index contributed by atoms with van der Waals surface area (Å²) in [5, 5.41) is 21.6. The number of hydrogen-bond acceptors (Lipinski definition) is 6. The van der Waals surface area contributed by atoms with Crippen molar-refractivity contribution in [2.75, 3.05) is 4.72 Å². The first kappa shape index (κ1) is 16.3. The first-order valence-electron chi connectivity index (χ1n) is 5.92. The predicted molar refractivity (Wildman–Crippen MR) is 77.0 cm³/mol. The molecule has 0 saturated carbocycles. The zero-order chi connectivity index (χ0) is 17.2. The highest BCUT2D eigenvalue weighted by Crippen LogP contribution is 2.29. The Labute approximate surface area is 128 Å². The molecule has 0 saturated heterocycles. The number of halogens is 1. The van der Waals surface area contributed by atoms with Crippen LogP contribution < -0.4 is 4.72 Å². The molecule has 0 aliphatic carbocycles. The zero-order valence-corrected chi connectivity index (χ0v) is 12.0. The van der Waals surface area contributed by atoms with Crippen LogP contribution in [0, 0.1) is 26.0 Å². The van der Waals surface area contributed by atoms with Gasteiger partial charge in [-0.05, 0) is 24.3 Å². The Morgan fingerprint density at radius 3 is 2.26 bits per heavy atom. The fourth-order valence-electron chi connectivity index (χ4n) is 1.75. The number of rotatable bonds is 5. The Morgan fingerprint density at radius 2 is 1.70 bits per heavy atom. The number of nitro groups is 2. The van der Waals surface area contributed by atoms with E-state index >= 15 is 0 Å². The molecular weight excluding hydrogens is 333 g/mol. The molecule has 9 nitrogen and oxygen atoms in total. The number of non-ortho nitro benzene ring substituents is 1. The van der Waals surface area contributed by atoms with E-state index in [1.54, 1.807) is 0 Å². The minimum Gasteiger partial charge on any atom is -0.279 e. The SMILES string of the molecule is O=[N+]([O-])c1ccc(S(=O)(=O)Nc2cccc(F)c2)c([N+](=O)[O-])c1. The molecule has 0 aliphatic heterocycles. The van der Waals surface area contributed by atoms with Crippen LogP contribution in [0.2, 0.25) is 0 Å². The van der Waals surface area contributed by atoms with Gasteiger partial charge in [-0.15, -0.1) is 0 Å². The van der Waals surface area contributed by atoms with Crippen LogP contribution in [-0.4, -0.2) is 18.3 Å². The molecule has 0 amide bonds. The molecule has 2 rings (SSSR count). The molecule has 2 aromatic carbocycles. The van der Waals surface area contributed by atoms with Crippen LogP contribution in [0.5, 0.6) is 0 Å². The van der Waals surface area contributed by atoms with Gasteiger partial charge >= 0.3 is 0 Å². The predicted octanol–water partition coefficient (Wildman–Crippen LogP) is 2.44. The number of sulfonamides is 1. The Balaban J connectivity index is 2.51. The van der Waals surface area contributed by atoms with Gasteiger partial charge in [-0.1, -0.05) is 6.07 Å². The lowest BCUT2D eigenvalue weighted by molar-refractivity contribution is -0.396. The number of nitrogens with zero attached hydrogens (tertiary/aromatic N) is 2. The Kier molecular flexibility index (Phi) is 4.22. The zero-order valence-electron chi connectivity index (χ0n) is 11.2. The van der Waals surface area contributed by atoms with Crippen molar-refractivity contribution in [3.63, 3.8) is 0 Å². The number of benzene rings is 2. The van der Waals surface area contributed by atoms with Crippen LogP contribution in [0.3, 0.4) is 0 Å². The molecule has 11 heteroatoms. The molecule has 0 heterocycles. The second-order valence-electron chi connectivity index (χ2n) is 4.28. The number of nitro benzene ring substituents is 2. The summed E-state index contributed by atoms with van der Waals surface area (Å²) >= 11 is 0. The summed E-state index contributed by atoms with van der Waals surface area (Å²) in [6, 6.07) is 6.58. The molecular formula is C12H8FN3O6S. The minimum atomic E-state index is -4.43. The third-order valence-electron chi connectivity index (χ3n) is 2.72. The largest absolute Gasteiger partial charge is 0.296 e. The monoisotopic (exact) mass is 341 g/mol. The Hall–Kier alpha value is -3.08. The summed E-state index contributed by atoms with van der Waals surface area (Å²) in [6.45, 7) is 0. The number of hydrogen-bond donors (Lipinski definition) is 1. The van der Waals surface area contributed by atoms with Gasteiger partial charge in [-0.3, -0.25) is 25.0 Å². The van der Waals surface area contributed by atoms with Crippen molar-refractivity contribution in [1.82, 2.24) is 0 Å². The fraction of sp³-hybridized carbons (Fsp3) is 0. The summed E-state index contributed by atoms with van der Waals surface area (Å²) in [6.07, 6.45) is 0. The van der Waals surface area contributed by atoms with E-state index in [0.29, 0.717) is 6.07 Å². The van der Waals surface area contributed by atoms with Crippen LogP contribution in [0.15, 0.2) is 47.4 Å². The van der Waals surface area contributed by atoms with E-state index in [1.807, 2.05) is 4.72 Å². The lowest BCUT2D eigenvalue weighted by Gasteiger charge is -2.08. The third-order valence-corrected chi connectivity index (χ3v) is 4.15. The average Bonchev–Trinajstić information content (AvgIpc) is 2.46. The highest BCUT2D eigenvalue weighted by molar-refractivity contribution is 7.92. The molecule has 0 radical (unpaired) electrons. The maximum absolute atomic E-state index is 13.1. The molecule has 120 valence electrons. The highest BCUT2D eigenvalue weighted by atomic mass is 32.2. The van der Waals surface area contributed by atoms with E-state index in [0.717, 1.165) is 24.3 Å². The number of anilines is 1. The summed E-state index contributed by atoms with van der Waals surface area (Å²) in [7, 11) is -4.43. The third kappa shape index (κ3) is 3.58. The fourth-order valence-corrected chi connectivity index (χ4v) is 2.95. The van der Waals surface area contributed by atoms with Gasteiger partial charge in [-0.25, -0.2) is 12.8 Å². The van der Waals surface area contributed by atoms with Crippen molar-refractivity contribution in [1.29, 1.82) is 0 Å². The van der Waals surface area contributed by atoms with E-state index in [4.69, 9.17) is 0 Å². The topological polar surface area (TPSA) is 132 Å². The summed E-state index contributed by atoms with van der Waals surface area (Å²) in [5.74, 6) is -0.705. The standard InChI is InChI=1S/C12H8FN3O6S/c13-8-2-1-3-9(6-8)14-23(21,22)12-5-4-10(15(17)18)7-11(12)16(19)20/h1-7,14H. The van der Waals surface area contributed by atoms with Crippen molar-refractivity contribution in [3.05, 3.63) is 68.5 Å². The molecule has 0 aliphatic rings. The van der Waals surface area contributed by atoms with Gasteiger partial charge in [0.25, 0.3) is 21.4 Å². The van der Waals surface area contributed by atoms with Crippen LogP contribution in [0.25, 0.3) is 0 Å². The minimum absolute atomic E-state index is 0.141. The molecule has 0 bridgehead atoms. The van der Waals surface area contributed by atoms with Crippen LogP contribution in [-0.2, 0) is 10.0 Å². The summed E-state index contributed by atoms with van der Waals surface area (Å²) < 4.78 is 39.5. The van der Waals surface area contributed by atoms with Gasteiger partial charge in [0.1, 0.15) is 5.82 Å². The van der Waals surface area contributed by atoms with Crippen molar-refractivity contribution in [2.24, 2.45) is 0 Å². The van der Waals surface area contributed by atoms with E-state index < -0.39 is 42.0 Å². The van der Waals surface area contributed by atoms with Crippen molar-refractivity contribution < 1.29 is 22.7 Å². The van der Waals surface area contributed by atoms with E-state index in [2.05, 4.69) is 0 Å². The van der Waals surface area contributed by atoms with Crippen molar-refractivity contribution in [3.8, 4) is 0 Å². The quantitative estimate of drug-likeness (QED) is 0.656. The Bertz CT molecular complexity index is 899. The van der Waals surface area contributed by atoms with Gasteiger partial charge < -0.3 is 0 Å². The van der Waals surface area contributed by atoms with Gasteiger partial charge in [-0.2, -0.15) is 0 Å². The summed E-state index contributed by atoms with van der Waals surface area (Å²) in [4.78, 5) is 18.9. The molecule has 0 fully saturated rings. The van der Waals surface area contributed by atoms with Gasteiger partial charge in [0.05, 0.1) is 21.6 Å². The molecule has 0 atom stereocenters. The van der Waals surface area contributed by atoms with Crippen LogP contribution in [0.4, 0.5) is 21.5 Å². The van der Waals surface area contributed by atoms with E-state index in [1.165, 1.54) is 12.1 Å². The van der Waals surface area contributed by atoms with Gasteiger partial charge in [0.2, 0.25) is 0 Å². The van der Waals surface area contributed by atoms with E-state index in [-0.39, 0.29) is 5.69 Å². The van der Waals surface area contributed by atoms with Crippen LogP contribution in [0.1, 0.15) is 0 Å². The lowest BCUT2D eigenvalue weighted by atomic mass is 10.3. The lowest BCUT2D eigenvalue weighted by Crippen LogP contribution is -2.15. The first-order chi connectivity index (χ1) is 10.7. The normalized spacial score (nSPS) is 11.0. The molecule has 1 N–H and O–H groups in total. The maximum atomic E-state index is 13.1. The van der Waals surface area contributed by atoms with E-state index in [9.17, 15) is 33.0 Å². The smallest absolute Gasteiger partial charge is 0.279 e. The molecule has 23 heavy (non-hydrogen) atoms. The second-order valence-corrected chi connectivity index (χ2v) is 5.93. The molecule has 2 aromatic rings. The van der Waals surface area contributed by atoms with Crippen molar-refractivity contribution >= 4 is 27.1 Å². The average molecular weight is 341 g/mol. The Morgan fingerprint density at radius 1 is 1.00 bits per heavy atom. The number of nitrogens with one attached hydrogen (secondary N) is 1. The molecule has 0 spiro atoms. The summed E-state index contributed by atoms with van der Waals surface area (Å²) in [5.41, 5.74) is -1.72. The molecule has 0 unspecified atom stereocenters.